The summed E-state index contributed by atoms with van der Waals surface area (Å²) in [5.74, 6) is 1.28. The van der Waals surface area contributed by atoms with Crippen molar-refractivity contribution in [2.24, 2.45) is 0 Å². The van der Waals surface area contributed by atoms with Crippen molar-refractivity contribution in [2.45, 2.75) is 18.4 Å². The minimum atomic E-state index is -0.660. The highest BCUT2D eigenvalue weighted by Gasteiger charge is 2.46. The maximum absolute atomic E-state index is 14.0. The Labute approximate surface area is 209 Å². The number of hydrogen-bond donors (Lipinski definition) is 1. The van der Waals surface area contributed by atoms with Crippen molar-refractivity contribution < 1.29 is 28.5 Å². The minimum Gasteiger partial charge on any atom is -0.497 e. The van der Waals surface area contributed by atoms with E-state index < -0.39 is 12.0 Å². The van der Waals surface area contributed by atoms with Crippen LogP contribution in [0.2, 0.25) is 0 Å². The molecule has 0 saturated carbocycles. The van der Waals surface area contributed by atoms with E-state index in [-0.39, 0.29) is 11.8 Å². The van der Waals surface area contributed by atoms with E-state index in [2.05, 4.69) is 5.32 Å². The third-order valence-electron chi connectivity index (χ3n) is 6.97. The zero-order chi connectivity index (χ0) is 25.4. The summed E-state index contributed by atoms with van der Waals surface area (Å²) in [4.78, 5) is 29.4. The Morgan fingerprint density at radius 2 is 1.58 bits per heavy atom. The summed E-state index contributed by atoms with van der Waals surface area (Å²) in [5, 5.41) is 3.04. The molecule has 0 radical (unpaired) electrons. The molecule has 2 aliphatic heterocycles. The van der Waals surface area contributed by atoms with Crippen molar-refractivity contribution in [1.29, 1.82) is 0 Å². The van der Waals surface area contributed by atoms with Crippen molar-refractivity contribution >= 4 is 17.5 Å². The van der Waals surface area contributed by atoms with Crippen LogP contribution in [-0.4, -0.2) is 51.7 Å². The fourth-order valence-electron chi connectivity index (χ4n) is 5.26. The molecule has 5 rings (SSSR count). The molecule has 0 aliphatic carbocycles. The molecular weight excluding hydrogens is 460 g/mol. The van der Waals surface area contributed by atoms with E-state index in [1.54, 1.807) is 57.6 Å². The van der Waals surface area contributed by atoms with Gasteiger partial charge in [0.15, 0.2) is 11.5 Å². The second-order valence-electron chi connectivity index (χ2n) is 8.72. The number of amides is 2. The van der Waals surface area contributed by atoms with Gasteiger partial charge < -0.3 is 29.2 Å². The second kappa shape index (κ2) is 9.45. The van der Waals surface area contributed by atoms with Gasteiger partial charge in [0.1, 0.15) is 11.5 Å². The summed E-state index contributed by atoms with van der Waals surface area (Å²) >= 11 is 0. The minimum absolute atomic E-state index is 0.0842. The molecule has 1 N–H and O–H groups in total. The average molecular weight is 489 g/mol. The van der Waals surface area contributed by atoms with Crippen molar-refractivity contribution in [2.75, 3.05) is 40.3 Å². The maximum Gasteiger partial charge on any atom is 0.254 e. The smallest absolute Gasteiger partial charge is 0.254 e. The molecule has 2 amide bonds. The molecule has 2 unspecified atom stereocenters. The summed E-state index contributed by atoms with van der Waals surface area (Å²) < 4.78 is 21.9. The predicted octanol–water partition coefficient (Wildman–Crippen LogP) is 4.20. The first-order valence-electron chi connectivity index (χ1n) is 11.7. The van der Waals surface area contributed by atoms with Gasteiger partial charge in [-0.25, -0.2) is 0 Å². The van der Waals surface area contributed by atoms with Gasteiger partial charge in [-0.05, 0) is 53.4 Å². The average Bonchev–Trinajstić information content (AvgIpc) is 2.92. The molecule has 2 aliphatic rings. The number of nitrogens with one attached hydrogen (secondary N) is 1. The van der Waals surface area contributed by atoms with Crippen LogP contribution in [-0.2, 0) is 11.2 Å². The Hall–Kier alpha value is -4.20. The van der Waals surface area contributed by atoms with Crippen LogP contribution in [0.5, 0.6) is 23.0 Å². The Morgan fingerprint density at radius 1 is 0.861 bits per heavy atom. The van der Waals surface area contributed by atoms with Gasteiger partial charge >= 0.3 is 0 Å². The lowest BCUT2D eigenvalue weighted by atomic mass is 9.75. The highest BCUT2D eigenvalue weighted by molar-refractivity contribution is 6.05. The second-order valence-corrected chi connectivity index (χ2v) is 8.72. The van der Waals surface area contributed by atoms with E-state index in [1.807, 2.05) is 30.3 Å². The number of nitrogens with zero attached hydrogens (tertiary/aromatic N) is 1. The van der Waals surface area contributed by atoms with Crippen LogP contribution in [0.3, 0.4) is 0 Å². The lowest BCUT2D eigenvalue weighted by molar-refractivity contribution is -0.119. The number of anilines is 1. The first-order chi connectivity index (χ1) is 17.5. The third-order valence-corrected chi connectivity index (χ3v) is 6.97. The van der Waals surface area contributed by atoms with Crippen LogP contribution in [0.15, 0.2) is 54.6 Å². The Bertz CT molecular complexity index is 1340. The Morgan fingerprint density at radius 3 is 2.31 bits per heavy atom. The highest BCUT2D eigenvalue weighted by atomic mass is 16.5. The van der Waals surface area contributed by atoms with E-state index in [4.69, 9.17) is 18.9 Å². The molecule has 0 fully saturated rings. The van der Waals surface area contributed by atoms with Crippen LogP contribution < -0.4 is 24.3 Å². The standard InChI is InChI=1S/C28H28N2O6/c1-33-17-9-10-22(34-2)21(14-17)29-27(31)25-18-7-5-6-8-19(18)28(32)30-12-11-16-13-23(35-3)24(36-4)15-20(16)26(25)30/h5-10,13-15,25-26H,11-12H2,1-4H3,(H,29,31). The summed E-state index contributed by atoms with van der Waals surface area (Å²) in [7, 11) is 6.28. The van der Waals surface area contributed by atoms with Gasteiger partial charge in [-0.1, -0.05) is 18.2 Å². The third kappa shape index (κ3) is 3.79. The zero-order valence-corrected chi connectivity index (χ0v) is 20.7. The molecule has 2 atom stereocenters. The molecule has 0 aromatic heterocycles. The van der Waals surface area contributed by atoms with Crippen LogP contribution in [0.4, 0.5) is 5.69 Å². The molecule has 186 valence electrons. The van der Waals surface area contributed by atoms with E-state index in [0.717, 1.165) is 11.1 Å². The van der Waals surface area contributed by atoms with Gasteiger partial charge in [0, 0.05) is 18.2 Å². The lowest BCUT2D eigenvalue weighted by Gasteiger charge is -2.45. The number of hydrogen-bond acceptors (Lipinski definition) is 6. The van der Waals surface area contributed by atoms with Gasteiger partial charge in [0.2, 0.25) is 5.91 Å². The maximum atomic E-state index is 14.0. The zero-order valence-electron chi connectivity index (χ0n) is 20.7. The molecule has 36 heavy (non-hydrogen) atoms. The lowest BCUT2D eigenvalue weighted by Crippen LogP contribution is -2.49. The van der Waals surface area contributed by atoms with E-state index in [9.17, 15) is 9.59 Å². The summed E-state index contributed by atoms with van der Waals surface area (Å²) in [6.45, 7) is 0.493. The first kappa shape index (κ1) is 23.5. The first-order valence-corrected chi connectivity index (χ1v) is 11.7. The molecule has 0 saturated heterocycles. The molecule has 0 bridgehead atoms. The highest BCUT2D eigenvalue weighted by Crippen LogP contribution is 2.48. The summed E-state index contributed by atoms with van der Waals surface area (Å²) in [6.07, 6.45) is 0.651. The van der Waals surface area contributed by atoms with E-state index >= 15 is 0 Å². The number of benzene rings is 3. The van der Waals surface area contributed by atoms with Crippen molar-refractivity contribution in [1.82, 2.24) is 4.90 Å². The van der Waals surface area contributed by atoms with Gasteiger partial charge in [0.05, 0.1) is 46.1 Å². The van der Waals surface area contributed by atoms with Crippen LogP contribution >= 0.6 is 0 Å². The SMILES string of the molecule is COc1ccc(OC)c(NC(=O)C2c3ccccc3C(=O)N3CCc4cc(OC)c(OC)cc4C23)c1. The van der Waals surface area contributed by atoms with Crippen molar-refractivity contribution in [3.8, 4) is 23.0 Å². The van der Waals surface area contributed by atoms with Gasteiger partial charge in [0.25, 0.3) is 5.91 Å². The van der Waals surface area contributed by atoms with Crippen LogP contribution in [0.1, 0.15) is 39.0 Å². The topological polar surface area (TPSA) is 86.3 Å². The fraction of sp³-hybridized carbons (Fsp3) is 0.286. The molecule has 3 aromatic rings. The number of carbonyl (C=O) groups excluding carboxylic acids is 2. The number of methoxy groups -OCH3 is 4. The number of ether oxygens (including phenoxy) is 4. The summed E-state index contributed by atoms with van der Waals surface area (Å²) in [6, 6.07) is 15.9. The number of fused-ring (bicyclic) bond motifs is 4. The summed E-state index contributed by atoms with van der Waals surface area (Å²) in [5.41, 5.74) is 3.62. The van der Waals surface area contributed by atoms with Gasteiger partial charge in [-0.3, -0.25) is 9.59 Å². The van der Waals surface area contributed by atoms with E-state index in [1.165, 1.54) is 0 Å². The molecule has 8 nitrogen and oxygen atoms in total. The Balaban J connectivity index is 1.65. The van der Waals surface area contributed by atoms with Gasteiger partial charge in [-0.15, -0.1) is 0 Å². The molecule has 2 heterocycles. The fourth-order valence-corrected chi connectivity index (χ4v) is 5.26. The van der Waals surface area contributed by atoms with E-state index in [0.29, 0.717) is 52.8 Å². The number of rotatable bonds is 6. The molecule has 3 aromatic carbocycles. The van der Waals surface area contributed by atoms with Crippen LogP contribution in [0.25, 0.3) is 0 Å². The largest absolute Gasteiger partial charge is 0.497 e. The normalized spacial score (nSPS) is 17.9. The van der Waals surface area contributed by atoms with Crippen molar-refractivity contribution in [3.05, 3.63) is 76.9 Å². The Kier molecular flexibility index (Phi) is 6.18. The van der Waals surface area contributed by atoms with Crippen LogP contribution in [0, 0.1) is 0 Å². The monoisotopic (exact) mass is 488 g/mol. The van der Waals surface area contributed by atoms with Crippen molar-refractivity contribution in [3.63, 3.8) is 0 Å². The molecule has 0 spiro atoms. The van der Waals surface area contributed by atoms with Gasteiger partial charge in [-0.2, -0.15) is 0 Å². The molecular formula is C28H28N2O6. The predicted molar refractivity (Wildman–Crippen MR) is 134 cm³/mol. The quantitative estimate of drug-likeness (QED) is 0.560. The number of carbonyl (C=O) groups is 2. The molecule has 8 heteroatoms.